The minimum Gasteiger partial charge on any atom is -0.317 e. The van der Waals surface area contributed by atoms with Crippen molar-refractivity contribution in [2.75, 3.05) is 39.3 Å². The molecule has 1 aromatic heterocycles. The third kappa shape index (κ3) is 9.54. The highest BCUT2D eigenvalue weighted by Gasteiger charge is 2.10. The maximum absolute atomic E-state index is 5.07. The van der Waals surface area contributed by atoms with Crippen LogP contribution in [0.15, 0.2) is 91.0 Å². The van der Waals surface area contributed by atoms with E-state index in [0.29, 0.717) is 0 Å². The lowest BCUT2D eigenvalue weighted by atomic mass is 10.2. The Hall–Kier alpha value is -3.05. The van der Waals surface area contributed by atoms with Gasteiger partial charge in [0.15, 0.2) is 0 Å². The topological polar surface area (TPSA) is 31.4 Å². The van der Waals surface area contributed by atoms with Gasteiger partial charge in [0.25, 0.3) is 0 Å². The Balaban J connectivity index is 1.41. The first kappa shape index (κ1) is 26.0. The summed E-state index contributed by atoms with van der Waals surface area (Å²) in [6, 6.07) is 27.6. The van der Waals surface area contributed by atoms with E-state index >= 15 is 0 Å². The highest BCUT2D eigenvalue weighted by Crippen LogP contribution is 2.10. The van der Waals surface area contributed by atoms with Crippen molar-refractivity contribution in [2.24, 2.45) is 0 Å². The molecular weight excluding hydrogens is 440 g/mol. The average molecular weight is 481 g/mol. The molecule has 2 bridgehead atoms. The molecule has 0 spiro atoms. The fourth-order valence-electron chi connectivity index (χ4n) is 4.58. The zero-order valence-corrected chi connectivity index (χ0v) is 21.4. The van der Waals surface area contributed by atoms with Crippen LogP contribution in [0.4, 0.5) is 0 Å². The van der Waals surface area contributed by atoms with Gasteiger partial charge in [-0.3, -0.25) is 14.8 Å². The summed E-state index contributed by atoms with van der Waals surface area (Å²) in [6.45, 7) is 7.93. The van der Waals surface area contributed by atoms with Crippen molar-refractivity contribution in [3.05, 3.63) is 114 Å². The van der Waals surface area contributed by atoms with Crippen molar-refractivity contribution in [2.45, 2.75) is 32.4 Å². The molecule has 4 heteroatoms. The second kappa shape index (κ2) is 15.1. The predicted octanol–water partition coefficient (Wildman–Crippen LogP) is 5.89. The number of hydrogen-bond acceptors (Lipinski definition) is 4. The molecule has 0 amide bonds. The van der Waals surface area contributed by atoms with Gasteiger partial charge in [-0.25, -0.2) is 0 Å². The Morgan fingerprint density at radius 3 is 1.72 bits per heavy atom. The Morgan fingerprint density at radius 2 is 1.14 bits per heavy atom. The van der Waals surface area contributed by atoms with Crippen LogP contribution in [0.1, 0.15) is 41.8 Å². The molecule has 0 atom stereocenters. The van der Waals surface area contributed by atoms with Gasteiger partial charge in [-0.2, -0.15) is 0 Å². The van der Waals surface area contributed by atoms with Crippen LogP contribution in [0, 0.1) is 0 Å². The van der Waals surface area contributed by atoms with Crippen LogP contribution < -0.4 is 5.32 Å². The molecule has 36 heavy (non-hydrogen) atoms. The van der Waals surface area contributed by atoms with E-state index in [0.717, 1.165) is 70.2 Å². The normalized spacial score (nSPS) is 17.2. The molecule has 4 nitrogen and oxygen atoms in total. The zero-order chi connectivity index (χ0) is 24.7. The van der Waals surface area contributed by atoms with Crippen molar-refractivity contribution in [1.82, 2.24) is 20.1 Å². The standard InChI is InChI=1S/C32H40N4/c1-3-13-29(14-4-1)17-10-24-35-23-8-7-21-33-22-12-26-36(25-11-18-30-15-5-2-6-16-30)28-32-20-9-19-31(27-35)34-32/h1-6,9-11,13-20,33H,7-8,12,21-28H2/b17-10+,18-11-. The first-order valence-electron chi connectivity index (χ1n) is 13.4. The maximum atomic E-state index is 5.07. The average Bonchev–Trinajstić information content (AvgIpc) is 2.91. The quantitative estimate of drug-likeness (QED) is 0.477. The SMILES string of the molecule is C(=C/c1ccccc1)/CN1CCCNCCCCN(C/C=C/c2ccccc2)Cc2cccc(n2)C1. The summed E-state index contributed by atoms with van der Waals surface area (Å²) in [6.07, 6.45) is 12.6. The Labute approximate surface area is 217 Å². The first-order chi connectivity index (χ1) is 17.8. The molecule has 4 rings (SSSR count). The van der Waals surface area contributed by atoms with E-state index in [1.165, 1.54) is 24.0 Å². The van der Waals surface area contributed by atoms with E-state index in [1.54, 1.807) is 0 Å². The van der Waals surface area contributed by atoms with Crippen molar-refractivity contribution in [3.63, 3.8) is 0 Å². The molecule has 1 aliphatic heterocycles. The molecule has 0 saturated carbocycles. The van der Waals surface area contributed by atoms with Gasteiger partial charge < -0.3 is 5.32 Å². The number of rotatable bonds is 6. The molecule has 2 aromatic carbocycles. The third-order valence-corrected chi connectivity index (χ3v) is 6.49. The Bertz CT molecular complexity index is 979. The van der Waals surface area contributed by atoms with Crippen molar-refractivity contribution >= 4 is 12.2 Å². The lowest BCUT2D eigenvalue weighted by molar-refractivity contribution is 0.281. The molecule has 0 unspecified atom stereocenters. The number of nitrogens with zero attached hydrogens (tertiary/aromatic N) is 3. The Kier molecular flexibility index (Phi) is 11.0. The molecule has 1 aliphatic rings. The molecule has 3 aromatic rings. The summed E-state index contributed by atoms with van der Waals surface area (Å²) in [5, 5.41) is 3.65. The zero-order valence-electron chi connectivity index (χ0n) is 21.4. The van der Waals surface area contributed by atoms with E-state index in [4.69, 9.17) is 4.98 Å². The summed E-state index contributed by atoms with van der Waals surface area (Å²) in [5.74, 6) is 0. The lowest BCUT2D eigenvalue weighted by Gasteiger charge is -2.22. The van der Waals surface area contributed by atoms with Crippen LogP contribution in [0.2, 0.25) is 0 Å². The largest absolute Gasteiger partial charge is 0.317 e. The van der Waals surface area contributed by atoms with Gasteiger partial charge in [-0.1, -0.05) is 91.0 Å². The minimum atomic E-state index is 0.876. The molecule has 2 heterocycles. The van der Waals surface area contributed by atoms with E-state index in [9.17, 15) is 0 Å². The van der Waals surface area contributed by atoms with Gasteiger partial charge in [-0.15, -0.1) is 0 Å². The van der Waals surface area contributed by atoms with E-state index in [2.05, 4.69) is 118 Å². The van der Waals surface area contributed by atoms with Crippen LogP contribution >= 0.6 is 0 Å². The smallest absolute Gasteiger partial charge is 0.0547 e. The monoisotopic (exact) mass is 480 g/mol. The van der Waals surface area contributed by atoms with Gasteiger partial charge in [0, 0.05) is 32.7 Å². The summed E-state index contributed by atoms with van der Waals surface area (Å²) < 4.78 is 0. The highest BCUT2D eigenvalue weighted by atomic mass is 15.1. The second-order valence-corrected chi connectivity index (χ2v) is 9.53. The minimum absolute atomic E-state index is 0.876. The number of hydrogen-bond donors (Lipinski definition) is 1. The number of aromatic nitrogens is 1. The first-order valence-corrected chi connectivity index (χ1v) is 13.4. The molecule has 0 saturated heterocycles. The predicted molar refractivity (Wildman–Crippen MR) is 152 cm³/mol. The highest BCUT2D eigenvalue weighted by molar-refractivity contribution is 5.49. The summed E-state index contributed by atoms with van der Waals surface area (Å²) >= 11 is 0. The van der Waals surface area contributed by atoms with Crippen molar-refractivity contribution in [1.29, 1.82) is 0 Å². The number of pyridine rings is 1. The summed E-state index contributed by atoms with van der Waals surface area (Å²) in [5.41, 5.74) is 4.82. The van der Waals surface area contributed by atoms with E-state index in [-0.39, 0.29) is 0 Å². The number of nitrogens with one attached hydrogen (secondary N) is 1. The number of benzene rings is 2. The molecule has 0 fully saturated rings. The summed E-state index contributed by atoms with van der Waals surface area (Å²) in [4.78, 5) is 10.1. The van der Waals surface area contributed by atoms with Gasteiger partial charge in [0.05, 0.1) is 11.4 Å². The van der Waals surface area contributed by atoms with Gasteiger partial charge in [0.2, 0.25) is 0 Å². The van der Waals surface area contributed by atoms with Gasteiger partial charge >= 0.3 is 0 Å². The maximum Gasteiger partial charge on any atom is 0.0547 e. The van der Waals surface area contributed by atoms with Gasteiger partial charge in [0.1, 0.15) is 0 Å². The van der Waals surface area contributed by atoms with Crippen LogP contribution in [-0.2, 0) is 13.1 Å². The molecule has 188 valence electrons. The molecule has 0 aliphatic carbocycles. The second-order valence-electron chi connectivity index (χ2n) is 9.53. The molecule has 1 N–H and O–H groups in total. The third-order valence-electron chi connectivity index (χ3n) is 6.49. The molecule has 0 radical (unpaired) electrons. The fraction of sp³-hybridized carbons (Fsp3) is 0.344. The van der Waals surface area contributed by atoms with Crippen LogP contribution in [0.25, 0.3) is 12.2 Å². The van der Waals surface area contributed by atoms with Crippen molar-refractivity contribution in [3.8, 4) is 0 Å². The van der Waals surface area contributed by atoms with Crippen molar-refractivity contribution < 1.29 is 0 Å². The van der Waals surface area contributed by atoms with Gasteiger partial charge in [-0.05, 0) is 62.2 Å². The van der Waals surface area contributed by atoms with E-state index in [1.807, 2.05) is 0 Å². The van der Waals surface area contributed by atoms with Crippen LogP contribution in [-0.4, -0.2) is 54.1 Å². The molecular formula is C32H40N4. The number of fused-ring (bicyclic) bond motifs is 2. The lowest BCUT2D eigenvalue weighted by Crippen LogP contribution is -2.28. The summed E-state index contributed by atoms with van der Waals surface area (Å²) in [7, 11) is 0. The fourth-order valence-corrected chi connectivity index (χ4v) is 4.58. The Morgan fingerprint density at radius 1 is 0.611 bits per heavy atom. The van der Waals surface area contributed by atoms with Crippen LogP contribution in [0.3, 0.4) is 0 Å². The van der Waals surface area contributed by atoms with E-state index < -0.39 is 0 Å². The van der Waals surface area contributed by atoms with Crippen LogP contribution in [0.5, 0.6) is 0 Å².